The summed E-state index contributed by atoms with van der Waals surface area (Å²) in [6.07, 6.45) is 6.74. The standard InChI is InChI=1S/C40H43NO9/c1-26-17-18-32-39(4,49-32)23-31(47-37(44)29-16-11-21-41-24-29)34-30(38(2,3)50-45)19-20-40(34,25-46-35(42)27-12-7-5-8-13-27)33(22-26)48-36(43)28-14-9-6-10-15-28/h5-16,19,21-22,24,31-34,45H,17-18,20,23,25H2,1-4H3/b26-22+/t31-,32+,33+,34-,39+,40+/m1/s1. The molecule has 3 aliphatic rings. The number of aromatic nitrogens is 1. The van der Waals surface area contributed by atoms with E-state index in [2.05, 4.69) is 4.98 Å². The molecule has 0 spiro atoms. The van der Waals surface area contributed by atoms with E-state index in [1.54, 1.807) is 80.7 Å². The molecule has 0 saturated carbocycles. The van der Waals surface area contributed by atoms with E-state index in [-0.39, 0.29) is 31.1 Å². The van der Waals surface area contributed by atoms with E-state index in [0.29, 0.717) is 29.5 Å². The molecular formula is C40H43NO9. The summed E-state index contributed by atoms with van der Waals surface area (Å²) in [5.74, 6) is -2.51. The van der Waals surface area contributed by atoms with Crippen LogP contribution < -0.4 is 0 Å². The lowest BCUT2D eigenvalue weighted by molar-refractivity contribution is -0.303. The van der Waals surface area contributed by atoms with Crippen molar-refractivity contribution in [3.63, 3.8) is 0 Å². The number of esters is 3. The first-order chi connectivity index (χ1) is 24.0. The lowest BCUT2D eigenvalue weighted by Gasteiger charge is -2.46. The SMILES string of the molecule is C/C1=C\[C@H](OC(=O)c2ccccc2)[C@@]2(COC(=O)c3ccccc3)CC=C(C(C)(C)OO)[C@@H]2[C@H](OC(=O)c2cccnc2)C[C@]2(C)O[C@H]2CC1. The summed E-state index contributed by atoms with van der Waals surface area (Å²) in [5, 5.41) is 10.3. The van der Waals surface area contributed by atoms with Gasteiger partial charge in [0.1, 0.15) is 24.4 Å². The summed E-state index contributed by atoms with van der Waals surface area (Å²) in [6, 6.07) is 20.6. The molecule has 10 nitrogen and oxygen atoms in total. The van der Waals surface area contributed by atoms with Crippen molar-refractivity contribution in [1.82, 2.24) is 4.98 Å². The summed E-state index contributed by atoms with van der Waals surface area (Å²) < 4.78 is 25.3. The molecule has 0 radical (unpaired) electrons. The Labute approximate surface area is 292 Å². The Morgan fingerprint density at radius 1 is 0.920 bits per heavy atom. The minimum atomic E-state index is -1.27. The zero-order chi connectivity index (χ0) is 35.5. The minimum Gasteiger partial charge on any atom is -0.461 e. The van der Waals surface area contributed by atoms with Crippen LogP contribution in [0.25, 0.3) is 0 Å². The van der Waals surface area contributed by atoms with Crippen molar-refractivity contribution in [2.45, 2.75) is 82.9 Å². The zero-order valence-corrected chi connectivity index (χ0v) is 28.7. The Morgan fingerprint density at radius 3 is 2.20 bits per heavy atom. The normalized spacial score (nSPS) is 28.7. The molecule has 262 valence electrons. The zero-order valence-electron chi connectivity index (χ0n) is 28.7. The molecule has 6 rings (SSSR count). The first-order valence-corrected chi connectivity index (χ1v) is 16.9. The average Bonchev–Trinajstić information content (AvgIpc) is 3.60. The minimum absolute atomic E-state index is 0.102. The Kier molecular flexibility index (Phi) is 10.1. The van der Waals surface area contributed by atoms with E-state index in [1.165, 1.54) is 6.20 Å². The summed E-state index contributed by atoms with van der Waals surface area (Å²) in [5.41, 5.74) is -0.597. The lowest BCUT2D eigenvalue weighted by Crippen LogP contribution is -2.53. The van der Waals surface area contributed by atoms with Crippen LogP contribution in [0.2, 0.25) is 0 Å². The van der Waals surface area contributed by atoms with Crippen LogP contribution in [0.1, 0.15) is 84.5 Å². The first-order valence-electron chi connectivity index (χ1n) is 16.9. The van der Waals surface area contributed by atoms with Gasteiger partial charge in [0.15, 0.2) is 0 Å². The Bertz CT molecular complexity index is 1760. The number of nitrogens with zero attached hydrogens (tertiary/aromatic N) is 1. The Morgan fingerprint density at radius 2 is 1.56 bits per heavy atom. The quantitative estimate of drug-likeness (QED) is 0.0618. The van der Waals surface area contributed by atoms with E-state index in [9.17, 15) is 19.6 Å². The maximum Gasteiger partial charge on any atom is 0.339 e. The fourth-order valence-electron chi connectivity index (χ4n) is 7.41. The smallest absolute Gasteiger partial charge is 0.339 e. The van der Waals surface area contributed by atoms with Gasteiger partial charge in [-0.1, -0.05) is 48.0 Å². The van der Waals surface area contributed by atoms with Crippen molar-refractivity contribution in [2.24, 2.45) is 11.3 Å². The second-order valence-corrected chi connectivity index (χ2v) is 14.2. The van der Waals surface area contributed by atoms with Crippen molar-refractivity contribution in [2.75, 3.05) is 6.61 Å². The highest BCUT2D eigenvalue weighted by Crippen LogP contribution is 2.57. The van der Waals surface area contributed by atoms with Gasteiger partial charge in [-0.2, -0.15) is 0 Å². The van der Waals surface area contributed by atoms with Crippen LogP contribution >= 0.6 is 0 Å². The van der Waals surface area contributed by atoms with E-state index >= 15 is 0 Å². The third-order valence-electron chi connectivity index (χ3n) is 10.3. The van der Waals surface area contributed by atoms with E-state index in [1.807, 2.05) is 38.1 Å². The van der Waals surface area contributed by atoms with Crippen LogP contribution in [-0.4, -0.2) is 64.3 Å². The van der Waals surface area contributed by atoms with Crippen molar-refractivity contribution in [3.8, 4) is 0 Å². The number of carbonyl (C=O) groups excluding carboxylic acids is 3. The third kappa shape index (κ3) is 7.28. The van der Waals surface area contributed by atoms with E-state index < -0.39 is 52.7 Å². The molecule has 0 unspecified atom stereocenters. The number of ether oxygens (including phenoxy) is 4. The van der Waals surface area contributed by atoms with Crippen LogP contribution in [0.3, 0.4) is 0 Å². The number of allylic oxidation sites excluding steroid dienone is 2. The summed E-state index contributed by atoms with van der Waals surface area (Å²) >= 11 is 0. The van der Waals surface area contributed by atoms with Crippen molar-refractivity contribution in [1.29, 1.82) is 0 Å². The average molecular weight is 682 g/mol. The van der Waals surface area contributed by atoms with Gasteiger partial charge < -0.3 is 18.9 Å². The number of fused-ring (bicyclic) bond motifs is 2. The molecule has 10 heteroatoms. The third-order valence-corrected chi connectivity index (χ3v) is 10.3. The van der Waals surface area contributed by atoms with Gasteiger partial charge in [-0.15, -0.1) is 0 Å². The molecule has 1 fully saturated rings. The number of hydrogen-bond acceptors (Lipinski definition) is 10. The summed E-state index contributed by atoms with van der Waals surface area (Å²) in [6.45, 7) is 7.17. The highest BCUT2D eigenvalue weighted by molar-refractivity contribution is 5.90. The van der Waals surface area contributed by atoms with Crippen LogP contribution in [0.5, 0.6) is 0 Å². The van der Waals surface area contributed by atoms with Gasteiger partial charge in [0.05, 0.1) is 33.8 Å². The molecule has 1 saturated heterocycles. The largest absolute Gasteiger partial charge is 0.461 e. The lowest BCUT2D eigenvalue weighted by atomic mass is 9.65. The number of carbonyl (C=O) groups is 3. The predicted octanol–water partition coefficient (Wildman–Crippen LogP) is 7.18. The van der Waals surface area contributed by atoms with Gasteiger partial charge in [0.2, 0.25) is 0 Å². The summed E-state index contributed by atoms with van der Waals surface area (Å²) in [4.78, 5) is 50.5. The van der Waals surface area contributed by atoms with Crippen LogP contribution in [0, 0.1) is 11.3 Å². The molecule has 0 amide bonds. The highest BCUT2D eigenvalue weighted by Gasteiger charge is 2.62. The monoisotopic (exact) mass is 681 g/mol. The molecule has 3 aromatic rings. The molecule has 6 atom stereocenters. The fourth-order valence-corrected chi connectivity index (χ4v) is 7.41. The van der Waals surface area contributed by atoms with Gasteiger partial charge in [-0.25, -0.2) is 19.3 Å². The topological polar surface area (TPSA) is 134 Å². The number of benzene rings is 2. The fraction of sp³-hybridized carbons (Fsp3) is 0.400. The molecule has 1 aliphatic heterocycles. The first kappa shape index (κ1) is 35.2. The van der Waals surface area contributed by atoms with Crippen LogP contribution in [0.15, 0.2) is 108 Å². The van der Waals surface area contributed by atoms with Crippen LogP contribution in [0.4, 0.5) is 0 Å². The number of epoxide rings is 1. The number of pyridine rings is 1. The van der Waals surface area contributed by atoms with E-state index in [4.69, 9.17) is 23.8 Å². The summed E-state index contributed by atoms with van der Waals surface area (Å²) in [7, 11) is 0. The maximum atomic E-state index is 13.9. The maximum absolute atomic E-state index is 13.9. The molecule has 2 heterocycles. The second-order valence-electron chi connectivity index (χ2n) is 14.2. The van der Waals surface area contributed by atoms with Crippen molar-refractivity contribution < 1.29 is 43.5 Å². The molecule has 1 N–H and O–H groups in total. The van der Waals surface area contributed by atoms with Gasteiger partial charge in [0, 0.05) is 24.7 Å². The van der Waals surface area contributed by atoms with Crippen LogP contribution in [-0.2, 0) is 23.8 Å². The molecule has 50 heavy (non-hydrogen) atoms. The molecular weight excluding hydrogens is 638 g/mol. The Hall–Kier alpha value is -4.64. The van der Waals surface area contributed by atoms with Crippen molar-refractivity contribution >= 4 is 17.9 Å². The Balaban J connectivity index is 1.51. The molecule has 2 aromatic carbocycles. The molecule has 2 aliphatic carbocycles. The predicted molar refractivity (Wildman–Crippen MR) is 183 cm³/mol. The van der Waals surface area contributed by atoms with E-state index in [0.717, 1.165) is 5.57 Å². The highest BCUT2D eigenvalue weighted by atomic mass is 17.1. The number of hydrogen-bond donors (Lipinski definition) is 1. The molecule has 1 aromatic heterocycles. The van der Waals surface area contributed by atoms with Gasteiger partial charge in [-0.05, 0) is 95.0 Å². The van der Waals surface area contributed by atoms with Gasteiger partial charge in [0.25, 0.3) is 0 Å². The molecule has 0 bridgehead atoms. The second kappa shape index (κ2) is 14.3. The van der Waals surface area contributed by atoms with Gasteiger partial charge >= 0.3 is 17.9 Å². The van der Waals surface area contributed by atoms with Gasteiger partial charge in [-0.3, -0.25) is 10.2 Å². The van der Waals surface area contributed by atoms with Crippen molar-refractivity contribution in [3.05, 3.63) is 125 Å². The number of rotatable bonds is 9.